The first-order valence-electron chi connectivity index (χ1n) is 7.79. The minimum Gasteiger partial charge on any atom is -0.481 e. The number of amides is 1. The Bertz CT molecular complexity index is 903. The van der Waals surface area contributed by atoms with Gasteiger partial charge >= 0.3 is 0 Å². The lowest BCUT2D eigenvalue weighted by Gasteiger charge is -2.17. The highest BCUT2D eigenvalue weighted by Gasteiger charge is 2.18. The molecule has 1 unspecified atom stereocenters. The van der Waals surface area contributed by atoms with E-state index in [1.165, 1.54) is 23.1 Å². The predicted molar refractivity (Wildman–Crippen MR) is 105 cm³/mol. The van der Waals surface area contributed by atoms with E-state index in [-0.39, 0.29) is 5.91 Å². The Balaban J connectivity index is 1.69. The molecule has 0 fully saturated rings. The van der Waals surface area contributed by atoms with Crippen molar-refractivity contribution in [3.05, 3.63) is 58.6 Å². The minimum absolute atomic E-state index is 0.232. The van der Waals surface area contributed by atoms with Crippen molar-refractivity contribution in [2.24, 2.45) is 0 Å². The molecule has 0 aliphatic carbocycles. The number of nitrogens with zero attached hydrogens (tertiary/aromatic N) is 2. The second kappa shape index (κ2) is 8.53. The molecule has 1 N–H and O–H groups in total. The predicted octanol–water partition coefficient (Wildman–Crippen LogP) is 5.06. The number of ether oxygens (including phenoxy) is 1. The Morgan fingerprint density at radius 1 is 1.31 bits per heavy atom. The van der Waals surface area contributed by atoms with E-state index in [0.29, 0.717) is 16.5 Å². The van der Waals surface area contributed by atoms with Gasteiger partial charge < -0.3 is 10.1 Å². The van der Waals surface area contributed by atoms with E-state index in [1.54, 1.807) is 30.6 Å². The second-order valence-corrected chi connectivity index (χ2v) is 8.02. The maximum absolute atomic E-state index is 12.6. The first kappa shape index (κ1) is 18.7. The molecular weight excluding hydrogens is 390 g/mol. The number of benzene rings is 2. The number of nitrogens with one attached hydrogen (secondary N) is 1. The van der Waals surface area contributed by atoms with Gasteiger partial charge in [0, 0.05) is 9.92 Å². The van der Waals surface area contributed by atoms with Crippen LogP contribution in [0.5, 0.6) is 5.75 Å². The molecule has 0 aliphatic rings. The van der Waals surface area contributed by atoms with Crippen molar-refractivity contribution < 1.29 is 9.53 Å². The highest BCUT2D eigenvalue weighted by atomic mass is 35.5. The van der Waals surface area contributed by atoms with Crippen LogP contribution in [0.15, 0.2) is 57.2 Å². The summed E-state index contributed by atoms with van der Waals surface area (Å²) in [5.74, 6) is 0.401. The molecular formula is C18H16ClN3O2S2. The quantitative estimate of drug-likeness (QED) is 0.621. The van der Waals surface area contributed by atoms with Gasteiger partial charge in [-0.2, -0.15) is 0 Å². The molecule has 0 saturated carbocycles. The first-order chi connectivity index (χ1) is 12.5. The first-order valence-corrected chi connectivity index (χ1v) is 9.87. The van der Waals surface area contributed by atoms with Gasteiger partial charge in [0.05, 0.1) is 5.69 Å². The van der Waals surface area contributed by atoms with Crippen LogP contribution in [0.2, 0.25) is 5.02 Å². The number of para-hydroxylation sites is 1. The van der Waals surface area contributed by atoms with Crippen molar-refractivity contribution in [2.75, 3.05) is 5.32 Å². The van der Waals surface area contributed by atoms with Crippen LogP contribution < -0.4 is 10.1 Å². The van der Waals surface area contributed by atoms with Gasteiger partial charge in [0.1, 0.15) is 11.3 Å². The molecule has 134 valence electrons. The van der Waals surface area contributed by atoms with E-state index in [2.05, 4.69) is 15.5 Å². The van der Waals surface area contributed by atoms with Gasteiger partial charge in [-0.1, -0.05) is 46.8 Å². The van der Waals surface area contributed by atoms with Gasteiger partial charge in [-0.25, -0.2) is 0 Å². The zero-order valence-electron chi connectivity index (χ0n) is 14.1. The summed E-state index contributed by atoms with van der Waals surface area (Å²) in [4.78, 5) is 13.4. The minimum atomic E-state index is -0.658. The molecule has 0 spiro atoms. The summed E-state index contributed by atoms with van der Waals surface area (Å²) in [6.07, 6.45) is -0.658. The third kappa shape index (κ3) is 4.75. The largest absolute Gasteiger partial charge is 0.481 e. The van der Waals surface area contributed by atoms with Gasteiger partial charge in [0.2, 0.25) is 0 Å². The fourth-order valence-corrected chi connectivity index (χ4v) is 3.93. The number of carbonyl (C=O) groups is 1. The summed E-state index contributed by atoms with van der Waals surface area (Å²) < 4.78 is 6.59. The number of hydrogen-bond donors (Lipinski definition) is 1. The van der Waals surface area contributed by atoms with E-state index >= 15 is 0 Å². The van der Waals surface area contributed by atoms with Crippen LogP contribution in [0.1, 0.15) is 12.5 Å². The molecule has 3 rings (SSSR count). The summed E-state index contributed by atoms with van der Waals surface area (Å²) >= 11 is 8.86. The average Bonchev–Trinajstić information content (AvgIpc) is 3.12. The Morgan fingerprint density at radius 3 is 2.85 bits per heavy atom. The number of rotatable bonds is 6. The van der Waals surface area contributed by atoms with Crippen molar-refractivity contribution in [1.82, 2.24) is 10.2 Å². The Morgan fingerprint density at radius 2 is 2.12 bits per heavy atom. The molecule has 0 saturated heterocycles. The van der Waals surface area contributed by atoms with Gasteiger partial charge in [0.15, 0.2) is 10.4 Å². The lowest BCUT2D eigenvalue weighted by atomic mass is 10.2. The van der Waals surface area contributed by atoms with Crippen LogP contribution in [0.25, 0.3) is 0 Å². The molecule has 1 amide bonds. The Kier molecular flexibility index (Phi) is 6.13. The van der Waals surface area contributed by atoms with E-state index in [1.807, 2.05) is 31.2 Å². The van der Waals surface area contributed by atoms with Gasteiger partial charge in [-0.05, 0) is 49.7 Å². The topological polar surface area (TPSA) is 64.1 Å². The normalized spacial score (nSPS) is 11.8. The zero-order valence-corrected chi connectivity index (χ0v) is 16.5. The highest BCUT2D eigenvalue weighted by Crippen LogP contribution is 2.34. The molecule has 1 heterocycles. The number of hydrogen-bond acceptors (Lipinski definition) is 6. The lowest BCUT2D eigenvalue weighted by Crippen LogP contribution is -2.30. The summed E-state index contributed by atoms with van der Waals surface area (Å²) in [5.41, 5.74) is 3.26. The second-order valence-electron chi connectivity index (χ2n) is 5.46. The average molecular weight is 406 g/mol. The summed E-state index contributed by atoms with van der Waals surface area (Å²) in [6.45, 7) is 3.60. The molecule has 0 aliphatic heterocycles. The maximum Gasteiger partial charge on any atom is 0.265 e. The SMILES string of the molecule is Cc1cc(Cl)ccc1OC(C)C(=O)Nc1ccccc1Sc1nncs1. The molecule has 8 heteroatoms. The van der Waals surface area contributed by atoms with Crippen LogP contribution in [0, 0.1) is 6.92 Å². The zero-order chi connectivity index (χ0) is 18.5. The third-order valence-corrected chi connectivity index (χ3v) is 5.58. The van der Waals surface area contributed by atoms with E-state index in [9.17, 15) is 4.79 Å². The van der Waals surface area contributed by atoms with Crippen molar-refractivity contribution in [3.8, 4) is 5.75 Å². The van der Waals surface area contributed by atoms with Crippen LogP contribution in [0.4, 0.5) is 5.69 Å². The van der Waals surface area contributed by atoms with Gasteiger partial charge in [-0.3, -0.25) is 4.79 Å². The highest BCUT2D eigenvalue weighted by molar-refractivity contribution is 8.01. The van der Waals surface area contributed by atoms with Crippen molar-refractivity contribution in [2.45, 2.75) is 29.2 Å². The fourth-order valence-electron chi connectivity index (χ4n) is 2.18. The fraction of sp³-hybridized carbons (Fsp3) is 0.167. The van der Waals surface area contributed by atoms with E-state index in [4.69, 9.17) is 16.3 Å². The van der Waals surface area contributed by atoms with Crippen molar-refractivity contribution in [3.63, 3.8) is 0 Å². The van der Waals surface area contributed by atoms with Crippen LogP contribution in [-0.2, 0) is 4.79 Å². The summed E-state index contributed by atoms with van der Waals surface area (Å²) in [6, 6.07) is 12.9. The number of aromatic nitrogens is 2. The number of carbonyl (C=O) groups excluding carboxylic acids is 1. The van der Waals surface area contributed by atoms with Gasteiger partial charge in [-0.15, -0.1) is 10.2 Å². The monoisotopic (exact) mass is 405 g/mol. The number of aryl methyl sites for hydroxylation is 1. The van der Waals surface area contributed by atoms with E-state index < -0.39 is 6.10 Å². The molecule has 0 radical (unpaired) electrons. The van der Waals surface area contributed by atoms with Gasteiger partial charge in [0.25, 0.3) is 5.91 Å². The number of anilines is 1. The molecule has 5 nitrogen and oxygen atoms in total. The molecule has 1 atom stereocenters. The summed E-state index contributed by atoms with van der Waals surface area (Å²) in [5, 5.41) is 11.4. The van der Waals surface area contributed by atoms with Crippen molar-refractivity contribution in [1.29, 1.82) is 0 Å². The van der Waals surface area contributed by atoms with Crippen LogP contribution in [-0.4, -0.2) is 22.2 Å². The van der Waals surface area contributed by atoms with Crippen LogP contribution >= 0.6 is 34.7 Å². The smallest absolute Gasteiger partial charge is 0.265 e. The van der Waals surface area contributed by atoms with Crippen molar-refractivity contribution >= 4 is 46.3 Å². The Labute approximate surface area is 164 Å². The number of halogens is 1. The summed E-state index contributed by atoms with van der Waals surface area (Å²) in [7, 11) is 0. The molecule has 26 heavy (non-hydrogen) atoms. The molecule has 0 bridgehead atoms. The maximum atomic E-state index is 12.6. The molecule has 3 aromatic rings. The van der Waals surface area contributed by atoms with Crippen LogP contribution in [0.3, 0.4) is 0 Å². The van der Waals surface area contributed by atoms with E-state index in [0.717, 1.165) is 14.8 Å². The standard InChI is InChI=1S/C18H16ClN3O2S2/c1-11-9-13(19)7-8-15(11)24-12(2)17(23)21-14-5-3-4-6-16(14)26-18-22-20-10-25-18/h3-10,12H,1-2H3,(H,21,23). The third-order valence-electron chi connectivity index (χ3n) is 3.49. The lowest BCUT2D eigenvalue weighted by molar-refractivity contribution is -0.122. The Hall–Kier alpha value is -2.09. The molecule has 1 aromatic heterocycles. The molecule has 2 aromatic carbocycles.